The normalized spacial score (nSPS) is 11.5. The molecular weight excluding hydrogens is 244 g/mol. The molecule has 4 heteroatoms. The zero-order chi connectivity index (χ0) is 10.9. The number of hydrogen-bond acceptors (Lipinski definition) is 3. The van der Waals surface area contributed by atoms with E-state index >= 15 is 0 Å². The van der Waals surface area contributed by atoms with Crippen LogP contribution in [-0.4, -0.2) is 10.6 Å². The van der Waals surface area contributed by atoms with Gasteiger partial charge in [-0.25, -0.2) is 4.98 Å². The second-order valence-corrected chi connectivity index (χ2v) is 4.97. The molecule has 1 heterocycles. The minimum Gasteiger partial charge on any atom is -0.471 e. The van der Waals surface area contributed by atoms with Gasteiger partial charge in [0, 0.05) is 0 Å². The van der Waals surface area contributed by atoms with Crippen molar-refractivity contribution in [1.29, 1.82) is 0 Å². The summed E-state index contributed by atoms with van der Waals surface area (Å²) < 4.78 is 6.48. The average molecular weight is 259 g/mol. The molecule has 1 rings (SSSR count). The second kappa shape index (κ2) is 3.77. The molecule has 1 aromatic heterocycles. The van der Waals surface area contributed by atoms with Crippen molar-refractivity contribution in [3.63, 3.8) is 0 Å². The first-order valence-corrected chi connectivity index (χ1v) is 5.20. The fraction of sp³-hybridized carbons (Fsp3) is 0.500. The van der Waals surface area contributed by atoms with E-state index in [1.54, 1.807) is 6.20 Å². The Kier molecular flexibility index (Phi) is 3.04. The molecule has 2 N–H and O–H groups in total. The van der Waals surface area contributed by atoms with Gasteiger partial charge >= 0.3 is 0 Å². The number of anilines is 1. The Hall–Kier alpha value is -0.770. The van der Waals surface area contributed by atoms with E-state index in [2.05, 4.69) is 20.9 Å². The summed E-state index contributed by atoms with van der Waals surface area (Å²) in [5.41, 5.74) is 7.08. The van der Waals surface area contributed by atoms with Crippen molar-refractivity contribution >= 4 is 21.6 Å². The average Bonchev–Trinajstić information content (AvgIpc) is 2.04. The number of halogens is 1. The summed E-state index contributed by atoms with van der Waals surface area (Å²) in [5.74, 6) is 0.587. The molecule has 0 aliphatic rings. The first-order valence-electron chi connectivity index (χ1n) is 4.41. The molecule has 0 aromatic carbocycles. The van der Waals surface area contributed by atoms with Crippen LogP contribution in [0.5, 0.6) is 5.88 Å². The Morgan fingerprint density at radius 1 is 1.43 bits per heavy atom. The first-order chi connectivity index (χ1) is 6.31. The number of nitrogens with zero attached hydrogens (tertiary/aromatic N) is 1. The highest BCUT2D eigenvalue weighted by molar-refractivity contribution is 9.10. The maximum absolute atomic E-state index is 5.71. The van der Waals surface area contributed by atoms with E-state index in [-0.39, 0.29) is 5.60 Å². The fourth-order valence-corrected chi connectivity index (χ4v) is 1.34. The van der Waals surface area contributed by atoms with Gasteiger partial charge in [0.15, 0.2) is 0 Å². The molecule has 0 bridgehead atoms. The number of hydrogen-bond donors (Lipinski definition) is 1. The van der Waals surface area contributed by atoms with E-state index in [4.69, 9.17) is 10.5 Å². The highest BCUT2D eigenvalue weighted by Gasteiger charge is 2.16. The third kappa shape index (κ3) is 2.61. The maximum atomic E-state index is 5.71. The van der Waals surface area contributed by atoms with E-state index in [0.717, 1.165) is 10.0 Å². The van der Waals surface area contributed by atoms with Crippen LogP contribution in [0.2, 0.25) is 0 Å². The number of rotatable bonds is 1. The zero-order valence-electron chi connectivity index (χ0n) is 8.89. The largest absolute Gasteiger partial charge is 0.471 e. The van der Waals surface area contributed by atoms with Gasteiger partial charge in [-0.1, -0.05) is 0 Å². The third-order valence-electron chi connectivity index (χ3n) is 1.67. The van der Waals surface area contributed by atoms with Gasteiger partial charge in [-0.05, 0) is 49.2 Å². The van der Waals surface area contributed by atoms with E-state index in [1.807, 2.05) is 27.7 Å². The van der Waals surface area contributed by atoms with Gasteiger partial charge < -0.3 is 10.5 Å². The van der Waals surface area contributed by atoms with Gasteiger partial charge in [-0.2, -0.15) is 0 Å². The minimum atomic E-state index is -0.252. The standard InChI is InChI=1S/C10H15BrN2O/c1-6-7(12)5-13-9(8(6)11)14-10(2,3)4/h5H,12H2,1-4H3. The van der Waals surface area contributed by atoms with Crippen molar-refractivity contribution in [3.05, 3.63) is 16.2 Å². The topological polar surface area (TPSA) is 48.1 Å². The molecule has 14 heavy (non-hydrogen) atoms. The summed E-state index contributed by atoms with van der Waals surface area (Å²) in [7, 11) is 0. The van der Waals surface area contributed by atoms with Crippen LogP contribution in [0, 0.1) is 6.92 Å². The number of pyridine rings is 1. The van der Waals surface area contributed by atoms with Gasteiger partial charge in [0.1, 0.15) is 5.60 Å². The second-order valence-electron chi connectivity index (χ2n) is 4.17. The van der Waals surface area contributed by atoms with Gasteiger partial charge in [0.2, 0.25) is 5.88 Å². The van der Waals surface area contributed by atoms with Crippen molar-refractivity contribution in [3.8, 4) is 5.88 Å². The maximum Gasteiger partial charge on any atom is 0.228 e. The summed E-state index contributed by atoms with van der Waals surface area (Å²) >= 11 is 3.42. The highest BCUT2D eigenvalue weighted by atomic mass is 79.9. The number of nitrogen functional groups attached to an aromatic ring is 1. The van der Waals surface area contributed by atoms with Crippen molar-refractivity contribution < 1.29 is 4.74 Å². The summed E-state index contributed by atoms with van der Waals surface area (Å²) in [4.78, 5) is 4.13. The van der Waals surface area contributed by atoms with Crippen LogP contribution in [0.25, 0.3) is 0 Å². The Balaban J connectivity index is 3.06. The molecule has 0 unspecified atom stereocenters. The molecule has 0 aliphatic carbocycles. The van der Waals surface area contributed by atoms with E-state index in [1.165, 1.54) is 0 Å². The van der Waals surface area contributed by atoms with E-state index < -0.39 is 0 Å². The first kappa shape index (κ1) is 11.3. The van der Waals surface area contributed by atoms with E-state index in [9.17, 15) is 0 Å². The monoisotopic (exact) mass is 258 g/mol. The van der Waals surface area contributed by atoms with Crippen LogP contribution in [0.1, 0.15) is 26.3 Å². The summed E-state index contributed by atoms with van der Waals surface area (Å²) in [6, 6.07) is 0. The van der Waals surface area contributed by atoms with Crippen molar-refractivity contribution in [2.75, 3.05) is 5.73 Å². The fourth-order valence-electron chi connectivity index (χ4n) is 0.930. The Bertz CT molecular complexity index is 345. The summed E-state index contributed by atoms with van der Waals surface area (Å²) in [5, 5.41) is 0. The lowest BCUT2D eigenvalue weighted by atomic mass is 10.2. The molecular formula is C10H15BrN2O. The molecule has 0 atom stereocenters. The lowest BCUT2D eigenvalue weighted by Crippen LogP contribution is -2.24. The number of aromatic nitrogens is 1. The Morgan fingerprint density at radius 2 is 2.00 bits per heavy atom. The van der Waals surface area contributed by atoms with Crippen LogP contribution in [0.4, 0.5) is 5.69 Å². The lowest BCUT2D eigenvalue weighted by molar-refractivity contribution is 0.123. The smallest absolute Gasteiger partial charge is 0.228 e. The molecule has 78 valence electrons. The van der Waals surface area contributed by atoms with Crippen LogP contribution in [-0.2, 0) is 0 Å². The third-order valence-corrected chi connectivity index (χ3v) is 2.61. The molecule has 0 radical (unpaired) electrons. The highest BCUT2D eigenvalue weighted by Crippen LogP contribution is 2.31. The van der Waals surface area contributed by atoms with Crippen LogP contribution in [0.3, 0.4) is 0 Å². The summed E-state index contributed by atoms with van der Waals surface area (Å²) in [6.45, 7) is 7.86. The molecule has 3 nitrogen and oxygen atoms in total. The molecule has 0 amide bonds. The Morgan fingerprint density at radius 3 is 2.50 bits per heavy atom. The van der Waals surface area contributed by atoms with Crippen molar-refractivity contribution in [2.24, 2.45) is 0 Å². The Labute approximate surface area is 92.8 Å². The van der Waals surface area contributed by atoms with Gasteiger partial charge in [-0.3, -0.25) is 0 Å². The minimum absolute atomic E-state index is 0.252. The van der Waals surface area contributed by atoms with E-state index in [0.29, 0.717) is 11.6 Å². The molecule has 0 fully saturated rings. The molecule has 0 saturated carbocycles. The predicted octanol–water partition coefficient (Wildman–Crippen LogP) is 2.91. The summed E-state index contributed by atoms with van der Waals surface area (Å²) in [6.07, 6.45) is 1.61. The predicted molar refractivity (Wildman–Crippen MR) is 61.5 cm³/mol. The lowest BCUT2D eigenvalue weighted by Gasteiger charge is -2.21. The molecule has 0 spiro atoms. The van der Waals surface area contributed by atoms with Gasteiger partial charge in [0.05, 0.1) is 16.4 Å². The number of ether oxygens (including phenoxy) is 1. The zero-order valence-corrected chi connectivity index (χ0v) is 10.5. The molecule has 1 aromatic rings. The van der Waals surface area contributed by atoms with Crippen LogP contribution in [0.15, 0.2) is 10.7 Å². The SMILES string of the molecule is Cc1c(N)cnc(OC(C)(C)C)c1Br. The van der Waals surface area contributed by atoms with Crippen LogP contribution >= 0.6 is 15.9 Å². The number of nitrogens with two attached hydrogens (primary N) is 1. The van der Waals surface area contributed by atoms with Crippen LogP contribution < -0.4 is 10.5 Å². The molecule has 0 saturated heterocycles. The molecule has 0 aliphatic heterocycles. The van der Waals surface area contributed by atoms with Gasteiger partial charge in [0.25, 0.3) is 0 Å². The van der Waals surface area contributed by atoms with Crippen molar-refractivity contribution in [2.45, 2.75) is 33.3 Å². The quantitative estimate of drug-likeness (QED) is 0.843. The van der Waals surface area contributed by atoms with Crippen molar-refractivity contribution in [1.82, 2.24) is 4.98 Å². The van der Waals surface area contributed by atoms with Gasteiger partial charge in [-0.15, -0.1) is 0 Å².